The van der Waals surface area contributed by atoms with Gasteiger partial charge in [0, 0.05) is 12.1 Å². The SMILES string of the molecule is CCCNCc1cc(F)ccc1Oc1cc(C)cc(C)c1. The molecule has 0 aliphatic rings. The summed E-state index contributed by atoms with van der Waals surface area (Å²) < 4.78 is 19.4. The van der Waals surface area contributed by atoms with E-state index in [0.29, 0.717) is 12.3 Å². The van der Waals surface area contributed by atoms with Gasteiger partial charge in [0.15, 0.2) is 0 Å². The van der Waals surface area contributed by atoms with Crippen LogP contribution in [0.4, 0.5) is 4.39 Å². The zero-order chi connectivity index (χ0) is 15.2. The number of hydrogen-bond donors (Lipinski definition) is 1. The molecule has 3 heteroatoms. The van der Waals surface area contributed by atoms with Crippen molar-refractivity contribution in [2.24, 2.45) is 0 Å². The summed E-state index contributed by atoms with van der Waals surface area (Å²) in [6.45, 7) is 7.68. The Kier molecular flexibility index (Phi) is 5.34. The lowest BCUT2D eigenvalue weighted by molar-refractivity contribution is 0.469. The molecule has 0 saturated heterocycles. The fourth-order valence-electron chi connectivity index (χ4n) is 2.30. The van der Waals surface area contributed by atoms with Crippen LogP contribution in [0.3, 0.4) is 0 Å². The van der Waals surface area contributed by atoms with Gasteiger partial charge >= 0.3 is 0 Å². The van der Waals surface area contributed by atoms with Crippen LogP contribution in [0.5, 0.6) is 11.5 Å². The number of benzene rings is 2. The van der Waals surface area contributed by atoms with Crippen molar-refractivity contribution in [1.29, 1.82) is 0 Å². The van der Waals surface area contributed by atoms with Gasteiger partial charge in [-0.15, -0.1) is 0 Å². The monoisotopic (exact) mass is 287 g/mol. The summed E-state index contributed by atoms with van der Waals surface area (Å²) in [5.74, 6) is 1.25. The first kappa shape index (κ1) is 15.5. The number of halogens is 1. The van der Waals surface area contributed by atoms with E-state index in [9.17, 15) is 4.39 Å². The zero-order valence-electron chi connectivity index (χ0n) is 12.9. The number of aryl methyl sites for hydroxylation is 2. The molecule has 0 heterocycles. The van der Waals surface area contributed by atoms with Crippen molar-refractivity contribution in [3.63, 3.8) is 0 Å². The molecule has 2 aromatic carbocycles. The second-order valence-corrected chi connectivity index (χ2v) is 5.35. The van der Waals surface area contributed by atoms with Crippen molar-refractivity contribution in [1.82, 2.24) is 5.32 Å². The highest BCUT2D eigenvalue weighted by molar-refractivity contribution is 5.40. The van der Waals surface area contributed by atoms with Gasteiger partial charge in [-0.2, -0.15) is 0 Å². The standard InChI is InChI=1S/C18H22FNO/c1-4-7-20-12-15-11-16(19)5-6-18(15)21-17-9-13(2)8-14(3)10-17/h5-6,8-11,20H,4,7,12H2,1-3H3. The van der Waals surface area contributed by atoms with Gasteiger partial charge in [-0.3, -0.25) is 0 Å². The largest absolute Gasteiger partial charge is 0.457 e. The lowest BCUT2D eigenvalue weighted by Gasteiger charge is -2.13. The third-order valence-electron chi connectivity index (χ3n) is 3.19. The first-order valence-electron chi connectivity index (χ1n) is 7.34. The third-order valence-corrected chi connectivity index (χ3v) is 3.19. The maximum atomic E-state index is 13.4. The van der Waals surface area contributed by atoms with Crippen molar-refractivity contribution in [2.45, 2.75) is 33.7 Å². The number of rotatable bonds is 6. The lowest BCUT2D eigenvalue weighted by atomic mass is 10.1. The summed E-state index contributed by atoms with van der Waals surface area (Å²) in [6, 6.07) is 10.7. The van der Waals surface area contributed by atoms with Crippen LogP contribution in [0, 0.1) is 19.7 Å². The van der Waals surface area contributed by atoms with Crippen LogP contribution >= 0.6 is 0 Å². The maximum Gasteiger partial charge on any atom is 0.132 e. The lowest BCUT2D eigenvalue weighted by Crippen LogP contribution is -2.14. The predicted octanol–water partition coefficient (Wildman–Crippen LogP) is 4.73. The molecule has 0 radical (unpaired) electrons. The van der Waals surface area contributed by atoms with Gasteiger partial charge in [0.25, 0.3) is 0 Å². The van der Waals surface area contributed by atoms with Crippen LogP contribution in [0.1, 0.15) is 30.0 Å². The molecule has 0 spiro atoms. The normalized spacial score (nSPS) is 10.7. The van der Waals surface area contributed by atoms with Crippen molar-refractivity contribution in [3.05, 3.63) is 58.9 Å². The Labute approximate surface area is 126 Å². The second-order valence-electron chi connectivity index (χ2n) is 5.35. The van der Waals surface area contributed by atoms with E-state index in [1.807, 2.05) is 26.0 Å². The van der Waals surface area contributed by atoms with E-state index in [1.165, 1.54) is 12.1 Å². The van der Waals surface area contributed by atoms with E-state index in [4.69, 9.17) is 4.74 Å². The van der Waals surface area contributed by atoms with Gasteiger partial charge in [0.2, 0.25) is 0 Å². The maximum absolute atomic E-state index is 13.4. The average Bonchev–Trinajstić information content (AvgIpc) is 2.41. The van der Waals surface area contributed by atoms with Crippen molar-refractivity contribution < 1.29 is 9.13 Å². The van der Waals surface area contributed by atoms with Crippen LogP contribution in [0.25, 0.3) is 0 Å². The second kappa shape index (κ2) is 7.23. The first-order chi connectivity index (χ1) is 10.1. The Morgan fingerprint density at radius 1 is 1.05 bits per heavy atom. The highest BCUT2D eigenvalue weighted by Gasteiger charge is 2.07. The number of hydrogen-bond acceptors (Lipinski definition) is 2. The molecule has 2 nitrogen and oxygen atoms in total. The van der Waals surface area contributed by atoms with Crippen LogP contribution < -0.4 is 10.1 Å². The van der Waals surface area contributed by atoms with E-state index < -0.39 is 0 Å². The fourth-order valence-corrected chi connectivity index (χ4v) is 2.30. The van der Waals surface area contributed by atoms with Gasteiger partial charge < -0.3 is 10.1 Å². The minimum absolute atomic E-state index is 0.240. The van der Waals surface area contributed by atoms with Crippen molar-refractivity contribution >= 4 is 0 Å². The molecule has 0 amide bonds. The molecule has 0 bridgehead atoms. The van der Waals surface area contributed by atoms with Gasteiger partial charge in [-0.05, 0) is 68.3 Å². The van der Waals surface area contributed by atoms with Crippen LogP contribution in [-0.2, 0) is 6.54 Å². The topological polar surface area (TPSA) is 21.3 Å². The van der Waals surface area contributed by atoms with Gasteiger partial charge in [-0.25, -0.2) is 4.39 Å². The van der Waals surface area contributed by atoms with E-state index in [1.54, 1.807) is 6.07 Å². The molecular weight excluding hydrogens is 265 g/mol. The highest BCUT2D eigenvalue weighted by Crippen LogP contribution is 2.27. The Hall–Kier alpha value is -1.87. The third kappa shape index (κ3) is 4.57. The molecule has 21 heavy (non-hydrogen) atoms. The van der Waals surface area contributed by atoms with E-state index >= 15 is 0 Å². The smallest absolute Gasteiger partial charge is 0.132 e. The summed E-state index contributed by atoms with van der Waals surface area (Å²) in [5.41, 5.74) is 3.14. The molecule has 0 aliphatic carbocycles. The summed E-state index contributed by atoms with van der Waals surface area (Å²) in [5, 5.41) is 3.28. The Balaban J connectivity index is 2.21. The summed E-state index contributed by atoms with van der Waals surface area (Å²) >= 11 is 0. The molecule has 2 rings (SSSR count). The molecule has 2 aromatic rings. The summed E-state index contributed by atoms with van der Waals surface area (Å²) in [4.78, 5) is 0. The minimum atomic E-state index is -0.240. The summed E-state index contributed by atoms with van der Waals surface area (Å²) in [7, 11) is 0. The van der Waals surface area contributed by atoms with Crippen molar-refractivity contribution in [2.75, 3.05) is 6.54 Å². The Morgan fingerprint density at radius 2 is 1.76 bits per heavy atom. The predicted molar refractivity (Wildman–Crippen MR) is 84.4 cm³/mol. The minimum Gasteiger partial charge on any atom is -0.457 e. The van der Waals surface area contributed by atoms with Gasteiger partial charge in [0.1, 0.15) is 17.3 Å². The molecule has 0 saturated carbocycles. The average molecular weight is 287 g/mol. The Morgan fingerprint density at radius 3 is 2.43 bits per heavy atom. The van der Waals surface area contributed by atoms with E-state index in [2.05, 4.69) is 18.3 Å². The van der Waals surface area contributed by atoms with Crippen molar-refractivity contribution in [3.8, 4) is 11.5 Å². The highest BCUT2D eigenvalue weighted by atomic mass is 19.1. The fraction of sp³-hybridized carbons (Fsp3) is 0.333. The molecule has 0 aliphatic heterocycles. The van der Waals surface area contributed by atoms with Crippen LogP contribution in [-0.4, -0.2) is 6.54 Å². The molecule has 112 valence electrons. The Bertz CT molecular complexity index is 590. The zero-order valence-corrected chi connectivity index (χ0v) is 12.9. The number of nitrogens with one attached hydrogen (secondary N) is 1. The first-order valence-corrected chi connectivity index (χ1v) is 7.34. The van der Waals surface area contributed by atoms with Gasteiger partial charge in [-0.1, -0.05) is 13.0 Å². The molecule has 1 N–H and O–H groups in total. The van der Waals surface area contributed by atoms with Crippen LogP contribution in [0.15, 0.2) is 36.4 Å². The quantitative estimate of drug-likeness (QED) is 0.775. The molecular formula is C18H22FNO. The number of ether oxygens (including phenoxy) is 1. The molecule has 0 aromatic heterocycles. The molecule has 0 fully saturated rings. The molecule has 0 atom stereocenters. The molecule has 0 unspecified atom stereocenters. The van der Waals surface area contributed by atoms with E-state index in [-0.39, 0.29) is 5.82 Å². The van der Waals surface area contributed by atoms with E-state index in [0.717, 1.165) is 35.4 Å². The summed E-state index contributed by atoms with van der Waals surface area (Å²) in [6.07, 6.45) is 1.04. The van der Waals surface area contributed by atoms with Crippen LogP contribution in [0.2, 0.25) is 0 Å². The van der Waals surface area contributed by atoms with Gasteiger partial charge in [0.05, 0.1) is 0 Å².